The molecule has 1 aliphatic heterocycles. The third-order valence-electron chi connectivity index (χ3n) is 6.17. The van der Waals surface area contributed by atoms with Gasteiger partial charge in [0.25, 0.3) is 11.1 Å². The van der Waals surface area contributed by atoms with Gasteiger partial charge in [-0.05, 0) is 36.4 Å². The maximum atomic E-state index is 11.5. The summed E-state index contributed by atoms with van der Waals surface area (Å²) in [5.74, 6) is 6.73. The summed E-state index contributed by atoms with van der Waals surface area (Å²) in [6.07, 6.45) is 2.86. The largest absolute Gasteiger partial charge is 0.465 e. The number of hydrazine groups is 1. The normalized spacial score (nSPS) is 10.2. The van der Waals surface area contributed by atoms with E-state index in [2.05, 4.69) is 56.4 Å². The second-order valence-corrected chi connectivity index (χ2v) is 8.68. The summed E-state index contributed by atoms with van der Waals surface area (Å²) in [5.41, 5.74) is 6.93. The number of aromatic nitrogens is 4. The van der Waals surface area contributed by atoms with E-state index in [1.54, 1.807) is 30.6 Å². The second-order valence-electron chi connectivity index (χ2n) is 8.68. The molecule has 11 N–H and O–H groups in total. The molecule has 1 aliphatic rings. The number of aliphatic imine (C=N–C) groups is 1. The van der Waals surface area contributed by atoms with Gasteiger partial charge in [-0.25, -0.2) is 29.5 Å². The maximum absolute atomic E-state index is 11.5. The zero-order valence-corrected chi connectivity index (χ0v) is 25.2. The Balaban J connectivity index is 0.000000236. The van der Waals surface area contributed by atoms with Crippen molar-refractivity contribution in [3.05, 3.63) is 98.3 Å². The number of ether oxygens (including phenoxy) is 3. The Labute approximate surface area is 264 Å². The van der Waals surface area contributed by atoms with Crippen molar-refractivity contribution in [2.45, 2.75) is 0 Å². The molecule has 0 saturated heterocycles. The molecule has 0 atom stereocenters. The molecular weight excluding hydrogens is 618 g/mol. The van der Waals surface area contributed by atoms with Gasteiger partial charge in [0, 0.05) is 5.69 Å². The van der Waals surface area contributed by atoms with Crippen LogP contribution >= 0.6 is 0 Å². The Kier molecular flexibility index (Phi) is 13.4. The molecule has 47 heavy (non-hydrogen) atoms. The van der Waals surface area contributed by atoms with Gasteiger partial charge in [0.05, 0.1) is 78.0 Å². The quantitative estimate of drug-likeness (QED) is 0.0511. The predicted octanol–water partition coefficient (Wildman–Crippen LogP) is 0.554. The van der Waals surface area contributed by atoms with E-state index in [1.807, 2.05) is 12.1 Å². The third-order valence-corrected chi connectivity index (χ3v) is 6.17. The fourth-order valence-electron chi connectivity index (χ4n) is 4.16. The van der Waals surface area contributed by atoms with Crippen LogP contribution in [0.3, 0.4) is 0 Å². The highest BCUT2D eigenvalue weighted by atomic mass is 16.5. The van der Waals surface area contributed by atoms with Crippen molar-refractivity contribution >= 4 is 63.1 Å². The molecular formula is C29H31N9O9. The molecule has 3 heterocycles. The molecule has 3 aromatic carbocycles. The van der Waals surface area contributed by atoms with E-state index in [-0.39, 0.29) is 44.4 Å². The van der Waals surface area contributed by atoms with E-state index >= 15 is 0 Å². The van der Waals surface area contributed by atoms with E-state index in [9.17, 15) is 24.0 Å². The van der Waals surface area contributed by atoms with Crippen molar-refractivity contribution in [2.75, 3.05) is 32.4 Å². The van der Waals surface area contributed by atoms with Gasteiger partial charge in [0.2, 0.25) is 0 Å². The van der Waals surface area contributed by atoms with Crippen molar-refractivity contribution in [3.63, 3.8) is 0 Å². The lowest BCUT2D eigenvalue weighted by Crippen LogP contribution is -2.14. The number of anilines is 2. The van der Waals surface area contributed by atoms with Crippen LogP contribution in [0.25, 0.3) is 21.7 Å². The first-order valence-electron chi connectivity index (χ1n) is 12.9. The van der Waals surface area contributed by atoms with E-state index in [0.29, 0.717) is 16.7 Å². The zero-order chi connectivity index (χ0) is 33.8. The van der Waals surface area contributed by atoms with Crippen molar-refractivity contribution in [2.24, 2.45) is 16.7 Å². The van der Waals surface area contributed by atoms with Gasteiger partial charge in [-0.2, -0.15) is 5.10 Å². The lowest BCUT2D eigenvalue weighted by molar-refractivity contribution is 0.0556. The van der Waals surface area contributed by atoms with Gasteiger partial charge < -0.3 is 35.7 Å². The summed E-state index contributed by atoms with van der Waals surface area (Å²) >= 11 is 0. The average molecular weight is 650 g/mol. The summed E-state index contributed by atoms with van der Waals surface area (Å²) in [7, 11) is 3.72. The topological polar surface area (TPSA) is 304 Å². The first kappa shape index (κ1) is 36.7. The van der Waals surface area contributed by atoms with Gasteiger partial charge in [-0.1, -0.05) is 18.2 Å². The molecule has 0 radical (unpaired) electrons. The molecule has 6 rings (SSSR count). The van der Waals surface area contributed by atoms with E-state index < -0.39 is 17.9 Å². The fraction of sp³-hybridized carbons (Fsp3) is 0.103. The number of esters is 3. The van der Waals surface area contributed by atoms with Crippen LogP contribution < -0.4 is 33.9 Å². The standard InChI is InChI=1S/C10H8N2O3.C10H11NO4.C9H6N4O.H4N2.H2O/c1-15-10(14)6-3-2-4-7-8(6)9(13)12-5-11-7;1-14-9(12)6-4-3-5-7(11)8(6)10(13)15-2;14-9-5-2-1-3-6-7(5)8(12-13-9)11-4-10-6;1-2;/h2-5H,1H3,(H,11,12,13);3-5H,11H2,1-2H3;1-4H,(H,13,14)(H,10,11,12);1-2H2;1H2. The maximum Gasteiger partial charge on any atom is 0.340 e. The van der Waals surface area contributed by atoms with Crippen molar-refractivity contribution in [1.29, 1.82) is 0 Å². The molecule has 2 aromatic heterocycles. The Hall–Kier alpha value is -6.50. The zero-order valence-electron chi connectivity index (χ0n) is 25.2. The minimum absolute atomic E-state index is 0. The molecule has 0 spiro atoms. The Morgan fingerprint density at radius 3 is 2.06 bits per heavy atom. The van der Waals surface area contributed by atoms with E-state index in [0.717, 1.165) is 11.1 Å². The van der Waals surface area contributed by atoms with Crippen LogP contribution in [0.4, 0.5) is 17.2 Å². The van der Waals surface area contributed by atoms with Crippen molar-refractivity contribution in [3.8, 4) is 0 Å². The van der Waals surface area contributed by atoms with Gasteiger partial charge in [0.1, 0.15) is 0 Å². The molecule has 0 amide bonds. The van der Waals surface area contributed by atoms with E-state index in [4.69, 9.17) is 5.73 Å². The minimum atomic E-state index is -0.659. The minimum Gasteiger partial charge on any atom is -0.465 e. The summed E-state index contributed by atoms with van der Waals surface area (Å²) in [6, 6.07) is 14.8. The molecule has 0 aliphatic carbocycles. The number of hydrogen-bond donors (Lipinski definition) is 6. The van der Waals surface area contributed by atoms with Gasteiger partial charge in [-0.3, -0.25) is 21.3 Å². The third kappa shape index (κ3) is 8.16. The number of nitrogens with one attached hydrogen (secondary N) is 3. The summed E-state index contributed by atoms with van der Waals surface area (Å²) in [6.45, 7) is 0. The molecule has 18 nitrogen and oxygen atoms in total. The monoisotopic (exact) mass is 649 g/mol. The highest BCUT2D eigenvalue weighted by Crippen LogP contribution is 2.30. The summed E-state index contributed by atoms with van der Waals surface area (Å²) in [4.78, 5) is 67.4. The lowest BCUT2D eigenvalue weighted by Gasteiger charge is -2.10. The van der Waals surface area contributed by atoms with Crippen molar-refractivity contribution < 1.29 is 34.1 Å². The predicted molar refractivity (Wildman–Crippen MR) is 173 cm³/mol. The summed E-state index contributed by atoms with van der Waals surface area (Å²) in [5, 5.41) is 10.9. The first-order chi connectivity index (χ1) is 22.2. The number of benzene rings is 3. The molecule has 5 aromatic rings. The van der Waals surface area contributed by atoms with Crippen molar-refractivity contribution in [1.82, 2.24) is 20.2 Å². The second kappa shape index (κ2) is 17.1. The average Bonchev–Trinajstić information content (AvgIpc) is 3.10. The molecule has 0 fully saturated rings. The van der Waals surface area contributed by atoms with Gasteiger partial charge >= 0.3 is 17.9 Å². The van der Waals surface area contributed by atoms with Crippen LogP contribution in [0.2, 0.25) is 0 Å². The number of rotatable bonds is 3. The smallest absolute Gasteiger partial charge is 0.340 e. The molecule has 0 saturated carbocycles. The van der Waals surface area contributed by atoms with Crippen LogP contribution in [-0.4, -0.2) is 71.2 Å². The number of hydrogen-bond acceptors (Lipinski definition) is 15. The molecule has 0 unspecified atom stereocenters. The highest BCUT2D eigenvalue weighted by molar-refractivity contribution is 6.07. The Morgan fingerprint density at radius 2 is 1.38 bits per heavy atom. The SMILES string of the molecule is COC(=O)c1cccc(N)c1C(=O)OC.COC(=O)c1cccc2nc[nH]c(=O)c12.NN.O.O=c1[nH]nc2c3c(cccc13)NC=N2. The number of aromatic amines is 2. The number of carbonyl (C=O) groups excluding carboxylic acids is 3. The number of nitrogens with zero attached hydrogens (tertiary/aromatic N) is 3. The van der Waals surface area contributed by atoms with Crippen LogP contribution in [-0.2, 0) is 14.2 Å². The van der Waals surface area contributed by atoms with Crippen LogP contribution in [0.5, 0.6) is 0 Å². The Morgan fingerprint density at radius 1 is 0.766 bits per heavy atom. The highest BCUT2D eigenvalue weighted by Gasteiger charge is 2.20. The van der Waals surface area contributed by atoms with Gasteiger partial charge in [-0.15, -0.1) is 0 Å². The van der Waals surface area contributed by atoms with Crippen LogP contribution in [0.1, 0.15) is 31.1 Å². The number of nitrogens with two attached hydrogens (primary N) is 3. The van der Waals surface area contributed by atoms with Gasteiger partial charge in [0.15, 0.2) is 5.82 Å². The fourth-order valence-corrected chi connectivity index (χ4v) is 4.16. The van der Waals surface area contributed by atoms with E-state index in [1.165, 1.54) is 45.9 Å². The lowest BCUT2D eigenvalue weighted by atomic mass is 10.1. The number of fused-ring (bicyclic) bond motifs is 1. The molecule has 0 bridgehead atoms. The molecule has 246 valence electrons. The number of nitrogen functional groups attached to an aromatic ring is 1. The number of H-pyrrole nitrogens is 2. The Bertz CT molecular complexity index is 2040. The van der Waals surface area contributed by atoms with Crippen LogP contribution in [0, 0.1) is 0 Å². The number of carbonyl (C=O) groups is 3. The first-order valence-corrected chi connectivity index (χ1v) is 12.9. The summed E-state index contributed by atoms with van der Waals surface area (Å²) < 4.78 is 13.6. The molecule has 18 heteroatoms. The van der Waals surface area contributed by atoms with Crippen LogP contribution in [0.15, 0.2) is 75.5 Å². The number of methoxy groups -OCH3 is 3.